The standard InChI is InChI=1S/C16H18F3N3/c1-9-6-10(8-11(20)7-9)12-2-3-13(16(17,18)19)15-14(12)21-4-5-22-15/h2-5,9-11H,6-8,20H2,1H3/t9-,10+,11-/m1/s1. The van der Waals surface area contributed by atoms with E-state index in [-0.39, 0.29) is 17.5 Å². The van der Waals surface area contributed by atoms with Crippen molar-refractivity contribution in [1.29, 1.82) is 0 Å². The second-order valence-electron chi connectivity index (χ2n) is 6.22. The Bertz CT molecular complexity index is 674. The van der Waals surface area contributed by atoms with Gasteiger partial charge in [0.05, 0.1) is 11.1 Å². The summed E-state index contributed by atoms with van der Waals surface area (Å²) in [6, 6.07) is 2.76. The fraction of sp³-hybridized carbons (Fsp3) is 0.500. The molecule has 0 aliphatic heterocycles. The van der Waals surface area contributed by atoms with E-state index in [1.54, 1.807) is 6.07 Å². The van der Waals surface area contributed by atoms with Gasteiger partial charge in [0.1, 0.15) is 5.52 Å². The van der Waals surface area contributed by atoms with E-state index in [0.717, 1.165) is 30.9 Å². The van der Waals surface area contributed by atoms with E-state index in [4.69, 9.17) is 5.73 Å². The van der Waals surface area contributed by atoms with Gasteiger partial charge in [0.15, 0.2) is 0 Å². The fourth-order valence-corrected chi connectivity index (χ4v) is 3.55. The normalized spacial score (nSPS) is 26.3. The van der Waals surface area contributed by atoms with Gasteiger partial charge in [-0.1, -0.05) is 13.0 Å². The Morgan fingerprint density at radius 2 is 1.73 bits per heavy atom. The third-order valence-electron chi connectivity index (χ3n) is 4.38. The minimum absolute atomic E-state index is 0.0701. The van der Waals surface area contributed by atoms with Crippen LogP contribution in [0.3, 0.4) is 0 Å². The molecule has 0 unspecified atom stereocenters. The van der Waals surface area contributed by atoms with Crippen molar-refractivity contribution in [2.75, 3.05) is 0 Å². The maximum atomic E-state index is 13.1. The number of alkyl halides is 3. The van der Waals surface area contributed by atoms with Crippen molar-refractivity contribution in [3.05, 3.63) is 35.7 Å². The Balaban J connectivity index is 2.12. The minimum Gasteiger partial charge on any atom is -0.328 e. The molecule has 0 saturated heterocycles. The highest BCUT2D eigenvalue weighted by atomic mass is 19.4. The first kappa shape index (κ1) is 15.2. The van der Waals surface area contributed by atoms with Crippen molar-refractivity contribution in [2.45, 2.75) is 44.3 Å². The number of nitrogens with zero attached hydrogens (tertiary/aromatic N) is 2. The van der Waals surface area contributed by atoms with E-state index >= 15 is 0 Å². The molecule has 3 atom stereocenters. The van der Waals surface area contributed by atoms with Crippen molar-refractivity contribution >= 4 is 11.0 Å². The smallest absolute Gasteiger partial charge is 0.328 e. The lowest BCUT2D eigenvalue weighted by molar-refractivity contribution is -0.136. The number of benzene rings is 1. The largest absolute Gasteiger partial charge is 0.418 e. The van der Waals surface area contributed by atoms with E-state index in [1.807, 2.05) is 0 Å². The summed E-state index contributed by atoms with van der Waals surface area (Å²) in [5, 5.41) is 0. The first-order valence-electron chi connectivity index (χ1n) is 7.42. The molecule has 118 valence electrons. The minimum atomic E-state index is -4.43. The van der Waals surface area contributed by atoms with Crippen LogP contribution in [0.2, 0.25) is 0 Å². The first-order chi connectivity index (χ1) is 10.4. The molecule has 22 heavy (non-hydrogen) atoms. The summed E-state index contributed by atoms with van der Waals surface area (Å²) in [6.45, 7) is 2.13. The van der Waals surface area contributed by atoms with Crippen LogP contribution in [-0.4, -0.2) is 16.0 Å². The molecule has 1 fully saturated rings. The zero-order valence-electron chi connectivity index (χ0n) is 12.3. The number of hydrogen-bond acceptors (Lipinski definition) is 3. The third-order valence-corrected chi connectivity index (χ3v) is 4.38. The highest BCUT2D eigenvalue weighted by Gasteiger charge is 2.35. The first-order valence-corrected chi connectivity index (χ1v) is 7.42. The van der Waals surface area contributed by atoms with Crippen molar-refractivity contribution in [1.82, 2.24) is 9.97 Å². The van der Waals surface area contributed by atoms with Gasteiger partial charge in [0, 0.05) is 18.4 Å². The van der Waals surface area contributed by atoms with Crippen LogP contribution >= 0.6 is 0 Å². The maximum absolute atomic E-state index is 13.1. The molecule has 3 rings (SSSR count). The molecule has 2 N–H and O–H groups in total. The number of hydrogen-bond donors (Lipinski definition) is 1. The van der Waals surface area contributed by atoms with Crippen LogP contribution in [0.4, 0.5) is 13.2 Å². The topological polar surface area (TPSA) is 51.8 Å². The van der Waals surface area contributed by atoms with Crippen LogP contribution in [0, 0.1) is 5.92 Å². The van der Waals surface area contributed by atoms with Crippen LogP contribution in [0.25, 0.3) is 11.0 Å². The summed E-state index contributed by atoms with van der Waals surface area (Å²) in [5.74, 6) is 0.600. The predicted octanol–water partition coefficient (Wildman–Crippen LogP) is 3.88. The number of nitrogens with two attached hydrogens (primary N) is 1. The number of fused-ring (bicyclic) bond motifs is 1. The molecular weight excluding hydrogens is 291 g/mol. The summed E-state index contributed by atoms with van der Waals surface area (Å²) in [6.07, 6.45) is 0.977. The summed E-state index contributed by atoms with van der Waals surface area (Å²) < 4.78 is 39.4. The van der Waals surface area contributed by atoms with E-state index in [0.29, 0.717) is 11.4 Å². The average Bonchev–Trinajstić information content (AvgIpc) is 2.44. The summed E-state index contributed by atoms with van der Waals surface area (Å²) in [5.41, 5.74) is 6.46. The van der Waals surface area contributed by atoms with E-state index < -0.39 is 11.7 Å². The Labute approximate surface area is 126 Å². The highest BCUT2D eigenvalue weighted by molar-refractivity contribution is 5.82. The quantitative estimate of drug-likeness (QED) is 0.869. The van der Waals surface area contributed by atoms with Crippen LogP contribution in [0.15, 0.2) is 24.5 Å². The monoisotopic (exact) mass is 309 g/mol. The Morgan fingerprint density at radius 1 is 1.05 bits per heavy atom. The van der Waals surface area contributed by atoms with Crippen molar-refractivity contribution in [3.63, 3.8) is 0 Å². The molecule has 0 amide bonds. The zero-order valence-corrected chi connectivity index (χ0v) is 12.3. The summed E-state index contributed by atoms with van der Waals surface area (Å²) >= 11 is 0. The van der Waals surface area contributed by atoms with Crippen molar-refractivity contribution in [3.8, 4) is 0 Å². The van der Waals surface area contributed by atoms with E-state index in [1.165, 1.54) is 12.4 Å². The lowest BCUT2D eigenvalue weighted by Gasteiger charge is -2.32. The molecule has 3 nitrogen and oxygen atoms in total. The molecule has 1 aromatic heterocycles. The Hall–Kier alpha value is -1.69. The maximum Gasteiger partial charge on any atom is 0.418 e. The van der Waals surface area contributed by atoms with E-state index in [2.05, 4.69) is 16.9 Å². The van der Waals surface area contributed by atoms with Gasteiger partial charge in [0.2, 0.25) is 0 Å². The van der Waals surface area contributed by atoms with Crippen molar-refractivity contribution < 1.29 is 13.2 Å². The van der Waals surface area contributed by atoms with Gasteiger partial charge in [-0.15, -0.1) is 0 Å². The van der Waals surface area contributed by atoms with Crippen LogP contribution < -0.4 is 5.73 Å². The highest BCUT2D eigenvalue weighted by Crippen LogP contribution is 2.40. The van der Waals surface area contributed by atoms with Crippen LogP contribution in [0.5, 0.6) is 0 Å². The van der Waals surface area contributed by atoms with Gasteiger partial charge in [-0.3, -0.25) is 9.97 Å². The summed E-state index contributed by atoms with van der Waals surface area (Å²) in [7, 11) is 0. The predicted molar refractivity (Wildman–Crippen MR) is 78.3 cm³/mol. The lowest BCUT2D eigenvalue weighted by Crippen LogP contribution is -2.31. The molecule has 1 saturated carbocycles. The molecule has 2 aromatic rings. The van der Waals surface area contributed by atoms with Gasteiger partial charge >= 0.3 is 6.18 Å². The molecule has 0 bridgehead atoms. The molecule has 1 aromatic carbocycles. The molecule has 1 aliphatic rings. The van der Waals surface area contributed by atoms with Crippen LogP contribution in [0.1, 0.15) is 43.2 Å². The Morgan fingerprint density at radius 3 is 2.36 bits per heavy atom. The third kappa shape index (κ3) is 2.79. The molecular formula is C16H18F3N3. The second kappa shape index (κ2) is 5.50. The van der Waals surface area contributed by atoms with E-state index in [9.17, 15) is 13.2 Å². The molecule has 1 aliphatic carbocycles. The van der Waals surface area contributed by atoms with Gasteiger partial charge in [-0.2, -0.15) is 13.2 Å². The van der Waals surface area contributed by atoms with Gasteiger partial charge in [0.25, 0.3) is 0 Å². The second-order valence-corrected chi connectivity index (χ2v) is 6.22. The molecule has 0 spiro atoms. The van der Waals surface area contributed by atoms with Gasteiger partial charge in [-0.25, -0.2) is 0 Å². The Kier molecular flexibility index (Phi) is 3.80. The summed E-state index contributed by atoms with van der Waals surface area (Å²) in [4.78, 5) is 8.10. The van der Waals surface area contributed by atoms with Gasteiger partial charge in [-0.05, 0) is 42.7 Å². The number of aromatic nitrogens is 2. The zero-order chi connectivity index (χ0) is 15.9. The average molecular weight is 309 g/mol. The van der Waals surface area contributed by atoms with Crippen LogP contribution in [-0.2, 0) is 6.18 Å². The SMILES string of the molecule is C[C@H]1C[C@@H](N)C[C@@H](c2ccc(C(F)(F)F)c3nccnc23)C1. The number of halogens is 3. The van der Waals surface area contributed by atoms with Crippen molar-refractivity contribution in [2.24, 2.45) is 11.7 Å². The molecule has 6 heteroatoms. The molecule has 1 heterocycles. The van der Waals surface area contributed by atoms with Gasteiger partial charge < -0.3 is 5.73 Å². The fourth-order valence-electron chi connectivity index (χ4n) is 3.55. The lowest BCUT2D eigenvalue weighted by atomic mass is 9.76. The number of rotatable bonds is 1. The molecule has 0 radical (unpaired) electrons.